The topological polar surface area (TPSA) is 80.7 Å². The lowest BCUT2D eigenvalue weighted by molar-refractivity contribution is 0.0680. The number of nitrogens with zero attached hydrogens (tertiary/aromatic N) is 1. The molecule has 1 amide bonds. The fraction of sp³-hybridized carbons (Fsp3) is 0.0741. The summed E-state index contributed by atoms with van der Waals surface area (Å²) in [5.41, 5.74) is 0.960. The normalized spacial score (nSPS) is 11.5. The minimum absolute atomic E-state index is 0.0544. The van der Waals surface area contributed by atoms with E-state index in [2.05, 4.69) is 0 Å². The van der Waals surface area contributed by atoms with E-state index in [0.717, 1.165) is 16.3 Å². The highest BCUT2D eigenvalue weighted by atomic mass is 32.2. The predicted octanol–water partition coefficient (Wildman–Crippen LogP) is 5.70. The number of furan rings is 2. The molecule has 0 aliphatic carbocycles. The molecule has 0 bridgehead atoms. The van der Waals surface area contributed by atoms with Gasteiger partial charge in [-0.2, -0.15) is 0 Å². The lowest BCUT2D eigenvalue weighted by atomic mass is 10.0. The zero-order valence-corrected chi connectivity index (χ0v) is 18.9. The highest BCUT2D eigenvalue weighted by molar-refractivity contribution is 7.91. The number of sulfone groups is 1. The summed E-state index contributed by atoms with van der Waals surface area (Å²) in [5.74, 6) is 0.123. The van der Waals surface area contributed by atoms with Gasteiger partial charge >= 0.3 is 0 Å². The first-order valence-electron chi connectivity index (χ1n) is 10.7. The van der Waals surface area contributed by atoms with Crippen molar-refractivity contribution in [2.45, 2.75) is 23.1 Å². The highest BCUT2D eigenvalue weighted by Crippen LogP contribution is 2.26. The largest absolute Gasteiger partial charge is 0.467 e. The second-order valence-corrected chi connectivity index (χ2v) is 9.69. The molecule has 0 aliphatic rings. The van der Waals surface area contributed by atoms with E-state index in [4.69, 9.17) is 8.83 Å². The van der Waals surface area contributed by atoms with E-state index in [-0.39, 0.29) is 22.3 Å². The first-order valence-corrected chi connectivity index (χ1v) is 12.2. The monoisotopic (exact) mass is 471 g/mol. The van der Waals surface area contributed by atoms with Crippen molar-refractivity contribution >= 4 is 26.5 Å². The molecule has 34 heavy (non-hydrogen) atoms. The first-order chi connectivity index (χ1) is 16.5. The van der Waals surface area contributed by atoms with E-state index in [9.17, 15) is 13.2 Å². The Bertz CT molecular complexity index is 1530. The molecule has 7 heteroatoms. The fourth-order valence-electron chi connectivity index (χ4n) is 3.88. The Morgan fingerprint density at radius 1 is 0.765 bits per heavy atom. The number of carbonyl (C=O) groups excluding carboxylic acids is 1. The Balaban J connectivity index is 1.48. The number of amides is 1. The van der Waals surface area contributed by atoms with Gasteiger partial charge in [0.15, 0.2) is 5.76 Å². The molecule has 2 aromatic heterocycles. The number of hydrogen-bond acceptors (Lipinski definition) is 5. The number of benzene rings is 3. The number of rotatable bonds is 7. The third kappa shape index (κ3) is 4.25. The molecule has 5 aromatic rings. The van der Waals surface area contributed by atoms with Gasteiger partial charge in [0.05, 0.1) is 17.7 Å². The van der Waals surface area contributed by atoms with Crippen molar-refractivity contribution in [3.8, 4) is 0 Å². The summed E-state index contributed by atoms with van der Waals surface area (Å²) < 4.78 is 36.9. The van der Waals surface area contributed by atoms with Crippen molar-refractivity contribution in [3.05, 3.63) is 120 Å². The van der Waals surface area contributed by atoms with Crippen LogP contribution >= 0.6 is 0 Å². The van der Waals surface area contributed by atoms with Gasteiger partial charge in [-0.05, 0) is 52.7 Å². The first kappa shape index (κ1) is 21.7. The zero-order chi connectivity index (χ0) is 23.5. The molecule has 0 spiro atoms. The standard InChI is InChI=1S/C27H21NO5S/c29-27(25-15-16-26(33-25)34(30,31)23-12-2-1-3-13-23)28(19-22-11-7-17-32-22)18-21-10-6-9-20-8-4-5-14-24(20)21/h1-17H,18-19H2. The maximum absolute atomic E-state index is 13.5. The Labute approximate surface area is 197 Å². The lowest BCUT2D eigenvalue weighted by Gasteiger charge is -2.21. The van der Waals surface area contributed by atoms with Gasteiger partial charge in [0.25, 0.3) is 5.91 Å². The molecule has 0 aliphatic heterocycles. The van der Waals surface area contributed by atoms with Gasteiger partial charge in [-0.15, -0.1) is 0 Å². The van der Waals surface area contributed by atoms with E-state index >= 15 is 0 Å². The van der Waals surface area contributed by atoms with Crippen molar-refractivity contribution in [3.63, 3.8) is 0 Å². The summed E-state index contributed by atoms with van der Waals surface area (Å²) >= 11 is 0. The maximum atomic E-state index is 13.5. The predicted molar refractivity (Wildman–Crippen MR) is 127 cm³/mol. The molecule has 0 radical (unpaired) electrons. The molecule has 5 rings (SSSR count). The molecule has 170 valence electrons. The van der Waals surface area contributed by atoms with Crippen molar-refractivity contribution in [1.82, 2.24) is 4.90 Å². The Kier molecular flexibility index (Phi) is 5.77. The molecular formula is C27H21NO5S. The van der Waals surface area contributed by atoms with Crippen LogP contribution in [0.1, 0.15) is 21.9 Å². The van der Waals surface area contributed by atoms with Crippen LogP contribution in [0.25, 0.3) is 10.8 Å². The van der Waals surface area contributed by atoms with Crippen molar-refractivity contribution in [1.29, 1.82) is 0 Å². The van der Waals surface area contributed by atoms with Gasteiger partial charge in [0.1, 0.15) is 5.76 Å². The molecule has 2 heterocycles. The SMILES string of the molecule is O=C(c1ccc(S(=O)(=O)c2ccccc2)o1)N(Cc1ccco1)Cc1cccc2ccccc12. The summed E-state index contributed by atoms with van der Waals surface area (Å²) in [6.45, 7) is 0.499. The summed E-state index contributed by atoms with van der Waals surface area (Å²) in [5, 5.41) is 1.83. The molecule has 0 saturated heterocycles. The third-order valence-corrected chi connectivity index (χ3v) is 7.21. The van der Waals surface area contributed by atoms with Gasteiger partial charge < -0.3 is 13.7 Å². The van der Waals surface area contributed by atoms with E-state index in [1.165, 1.54) is 24.3 Å². The molecule has 0 fully saturated rings. The second-order valence-electron chi connectivity index (χ2n) is 7.81. The average Bonchev–Trinajstić information content (AvgIpc) is 3.57. The third-order valence-electron chi connectivity index (χ3n) is 5.57. The van der Waals surface area contributed by atoms with E-state index in [1.807, 2.05) is 42.5 Å². The Hall–Kier alpha value is -4.10. The second kappa shape index (κ2) is 9.03. The van der Waals surface area contributed by atoms with Crippen LogP contribution < -0.4 is 0 Å². The summed E-state index contributed by atoms with van der Waals surface area (Å²) in [6.07, 6.45) is 1.55. The minimum Gasteiger partial charge on any atom is -0.467 e. The number of fused-ring (bicyclic) bond motifs is 1. The van der Waals surface area contributed by atoms with Crippen molar-refractivity contribution < 1.29 is 22.0 Å². The highest BCUT2D eigenvalue weighted by Gasteiger charge is 2.26. The summed E-state index contributed by atoms with van der Waals surface area (Å²) in [4.78, 5) is 15.2. The van der Waals surface area contributed by atoms with Crippen LogP contribution in [0.2, 0.25) is 0 Å². The molecule has 0 unspecified atom stereocenters. The zero-order valence-electron chi connectivity index (χ0n) is 18.1. The van der Waals surface area contributed by atoms with Crippen molar-refractivity contribution in [2.24, 2.45) is 0 Å². The Morgan fingerprint density at radius 3 is 2.32 bits per heavy atom. The van der Waals surface area contributed by atoms with Crippen LogP contribution in [-0.4, -0.2) is 19.2 Å². The van der Waals surface area contributed by atoms with Crippen molar-refractivity contribution in [2.75, 3.05) is 0 Å². The molecule has 0 saturated carbocycles. The van der Waals surface area contributed by atoms with Gasteiger partial charge in [-0.3, -0.25) is 4.79 Å². The van der Waals surface area contributed by atoms with Crippen LogP contribution in [0.4, 0.5) is 0 Å². The smallest absolute Gasteiger partial charge is 0.290 e. The maximum Gasteiger partial charge on any atom is 0.290 e. The molecular weight excluding hydrogens is 450 g/mol. The fourth-order valence-corrected chi connectivity index (χ4v) is 5.07. The number of hydrogen-bond donors (Lipinski definition) is 0. The van der Waals surface area contributed by atoms with Gasteiger partial charge in [0.2, 0.25) is 14.9 Å². The van der Waals surface area contributed by atoms with Crippen LogP contribution in [-0.2, 0) is 22.9 Å². The summed E-state index contributed by atoms with van der Waals surface area (Å²) in [6, 6.07) is 28.1. The average molecular weight is 472 g/mol. The van der Waals surface area contributed by atoms with Crippen LogP contribution in [0, 0.1) is 0 Å². The van der Waals surface area contributed by atoms with E-state index < -0.39 is 15.7 Å². The quantitative estimate of drug-likeness (QED) is 0.304. The van der Waals surface area contributed by atoms with Crippen LogP contribution in [0.5, 0.6) is 0 Å². The van der Waals surface area contributed by atoms with E-state index in [0.29, 0.717) is 12.3 Å². The summed E-state index contributed by atoms with van der Waals surface area (Å²) in [7, 11) is -3.87. The van der Waals surface area contributed by atoms with Crippen LogP contribution in [0.3, 0.4) is 0 Å². The molecule has 0 atom stereocenters. The molecule has 6 nitrogen and oxygen atoms in total. The minimum atomic E-state index is -3.87. The van der Waals surface area contributed by atoms with Gasteiger partial charge in [-0.1, -0.05) is 60.7 Å². The molecule has 0 N–H and O–H groups in total. The lowest BCUT2D eigenvalue weighted by Crippen LogP contribution is -2.29. The van der Waals surface area contributed by atoms with E-state index in [1.54, 1.807) is 41.5 Å². The molecule has 3 aromatic carbocycles. The van der Waals surface area contributed by atoms with Gasteiger partial charge in [-0.25, -0.2) is 8.42 Å². The number of carbonyl (C=O) groups is 1. The van der Waals surface area contributed by atoms with Gasteiger partial charge in [0, 0.05) is 6.54 Å². The van der Waals surface area contributed by atoms with Crippen LogP contribution in [0.15, 0.2) is 122 Å². The Morgan fingerprint density at radius 2 is 1.53 bits per heavy atom.